The number of hydrogen-bond donors (Lipinski definition) is 1. The van der Waals surface area contributed by atoms with Crippen LogP contribution in [0.25, 0.3) is 5.69 Å². The lowest BCUT2D eigenvalue weighted by Crippen LogP contribution is -2.15. The van der Waals surface area contributed by atoms with Crippen molar-refractivity contribution < 1.29 is 4.39 Å². The second-order valence-electron chi connectivity index (χ2n) is 3.09. The summed E-state index contributed by atoms with van der Waals surface area (Å²) in [5.74, 6) is -0.397. The van der Waals surface area contributed by atoms with Crippen molar-refractivity contribution in [3.63, 3.8) is 0 Å². The highest BCUT2D eigenvalue weighted by molar-refractivity contribution is 5.35. The molecule has 2 rings (SSSR count). The van der Waals surface area contributed by atoms with Gasteiger partial charge in [0.15, 0.2) is 0 Å². The Kier molecular flexibility index (Phi) is 1.96. The normalized spacial score (nSPS) is 10.4. The Hall–Kier alpha value is -1.84. The smallest absolute Gasteiger partial charge is 0.312 e. The minimum absolute atomic E-state index is 0.266. The molecule has 3 nitrogen and oxygen atoms in total. The molecule has 0 aliphatic heterocycles. The molecule has 0 aliphatic rings. The molecule has 0 bridgehead atoms. The van der Waals surface area contributed by atoms with Crippen LogP contribution in [0.1, 0.15) is 5.56 Å². The predicted octanol–water partition coefficient (Wildman–Crippen LogP) is 1.61. The lowest BCUT2D eigenvalue weighted by Gasteiger charge is -2.03. The minimum atomic E-state index is -0.397. The predicted molar refractivity (Wildman–Crippen MR) is 51.1 cm³/mol. The van der Waals surface area contributed by atoms with Crippen LogP contribution in [0.5, 0.6) is 0 Å². The molecule has 1 heterocycles. The van der Waals surface area contributed by atoms with E-state index >= 15 is 0 Å². The number of aromatic nitrogens is 2. The lowest BCUT2D eigenvalue weighted by molar-refractivity contribution is 0.615. The average Bonchev–Trinajstić information content (AvgIpc) is 2.52. The fraction of sp³-hybridized carbons (Fsp3) is 0.100. The molecule has 0 saturated carbocycles. The van der Waals surface area contributed by atoms with Crippen LogP contribution < -0.4 is 5.69 Å². The van der Waals surface area contributed by atoms with Crippen LogP contribution in [0.4, 0.5) is 4.39 Å². The third-order valence-corrected chi connectivity index (χ3v) is 2.01. The first-order chi connectivity index (χ1) is 6.68. The van der Waals surface area contributed by atoms with Crippen LogP contribution in [0, 0.1) is 12.7 Å². The Morgan fingerprint density at radius 2 is 2.21 bits per heavy atom. The SMILES string of the molecule is Cc1ccc(-n2cc[nH]c2=O)c(F)c1. The molecule has 0 saturated heterocycles. The standard InChI is InChI=1S/C10H9FN2O/c1-7-2-3-9(8(11)6-7)13-5-4-12-10(13)14/h2-6H,1H3,(H,12,14). The molecule has 0 unspecified atom stereocenters. The first-order valence-electron chi connectivity index (χ1n) is 4.21. The van der Waals surface area contributed by atoms with E-state index < -0.39 is 5.82 Å². The molecule has 0 spiro atoms. The van der Waals surface area contributed by atoms with E-state index in [1.165, 1.54) is 23.0 Å². The van der Waals surface area contributed by atoms with Crippen molar-refractivity contribution in [2.45, 2.75) is 6.92 Å². The van der Waals surface area contributed by atoms with Gasteiger partial charge >= 0.3 is 5.69 Å². The number of rotatable bonds is 1. The minimum Gasteiger partial charge on any atom is -0.312 e. The molecule has 14 heavy (non-hydrogen) atoms. The lowest BCUT2D eigenvalue weighted by atomic mass is 10.2. The molecule has 0 aliphatic carbocycles. The zero-order valence-corrected chi connectivity index (χ0v) is 7.62. The van der Waals surface area contributed by atoms with Gasteiger partial charge in [0.2, 0.25) is 0 Å². The second kappa shape index (κ2) is 3.14. The number of nitrogens with one attached hydrogen (secondary N) is 1. The number of H-pyrrole nitrogens is 1. The molecule has 0 amide bonds. The quantitative estimate of drug-likeness (QED) is 0.732. The van der Waals surface area contributed by atoms with E-state index in [4.69, 9.17) is 0 Å². The summed E-state index contributed by atoms with van der Waals surface area (Å²) in [5, 5.41) is 0. The van der Waals surface area contributed by atoms with Gasteiger partial charge in [-0.2, -0.15) is 0 Å². The maximum Gasteiger partial charge on any atom is 0.330 e. The highest BCUT2D eigenvalue weighted by atomic mass is 19.1. The number of benzene rings is 1. The van der Waals surface area contributed by atoms with Gasteiger partial charge in [-0.1, -0.05) is 6.07 Å². The van der Waals surface area contributed by atoms with Gasteiger partial charge in [-0.05, 0) is 24.6 Å². The zero-order valence-electron chi connectivity index (χ0n) is 7.62. The Labute approximate surface area is 79.8 Å². The van der Waals surface area contributed by atoms with Crippen molar-refractivity contribution in [1.29, 1.82) is 0 Å². The molecule has 2 aromatic rings. The fourth-order valence-electron chi connectivity index (χ4n) is 1.32. The van der Waals surface area contributed by atoms with Crippen LogP contribution in [0.3, 0.4) is 0 Å². The van der Waals surface area contributed by atoms with Crippen LogP contribution in [-0.2, 0) is 0 Å². The molecular formula is C10H9FN2O. The highest BCUT2D eigenvalue weighted by Gasteiger charge is 2.05. The van der Waals surface area contributed by atoms with Crippen molar-refractivity contribution >= 4 is 0 Å². The van der Waals surface area contributed by atoms with E-state index in [2.05, 4.69) is 4.98 Å². The second-order valence-corrected chi connectivity index (χ2v) is 3.09. The zero-order chi connectivity index (χ0) is 10.1. The van der Waals surface area contributed by atoms with Gasteiger partial charge in [-0.25, -0.2) is 9.18 Å². The third kappa shape index (κ3) is 1.35. The summed E-state index contributed by atoms with van der Waals surface area (Å²) in [5.41, 5.74) is 0.754. The van der Waals surface area contributed by atoms with Gasteiger partial charge in [-0.3, -0.25) is 4.57 Å². The van der Waals surface area contributed by atoms with Crippen LogP contribution in [-0.4, -0.2) is 9.55 Å². The molecule has 1 aromatic carbocycles. The first-order valence-corrected chi connectivity index (χ1v) is 4.21. The van der Waals surface area contributed by atoms with E-state index in [1.54, 1.807) is 19.1 Å². The number of hydrogen-bond acceptors (Lipinski definition) is 1. The Morgan fingerprint density at radius 1 is 1.43 bits per heavy atom. The van der Waals surface area contributed by atoms with Crippen molar-refractivity contribution in [1.82, 2.24) is 9.55 Å². The topological polar surface area (TPSA) is 37.8 Å². The van der Waals surface area contributed by atoms with Gasteiger partial charge in [0, 0.05) is 12.4 Å². The van der Waals surface area contributed by atoms with E-state index in [0.29, 0.717) is 0 Å². The first kappa shape index (κ1) is 8.74. The summed E-state index contributed by atoms with van der Waals surface area (Å²) in [7, 11) is 0. The molecule has 1 aromatic heterocycles. The highest BCUT2D eigenvalue weighted by Crippen LogP contribution is 2.12. The number of nitrogens with zero attached hydrogens (tertiary/aromatic N) is 1. The van der Waals surface area contributed by atoms with E-state index in [-0.39, 0.29) is 11.4 Å². The Bertz CT molecular complexity index is 513. The van der Waals surface area contributed by atoms with Gasteiger partial charge in [0.1, 0.15) is 5.82 Å². The maximum absolute atomic E-state index is 13.4. The van der Waals surface area contributed by atoms with Crippen LogP contribution in [0.2, 0.25) is 0 Å². The van der Waals surface area contributed by atoms with Gasteiger partial charge in [-0.15, -0.1) is 0 Å². The summed E-state index contributed by atoms with van der Waals surface area (Å²) >= 11 is 0. The van der Waals surface area contributed by atoms with E-state index in [9.17, 15) is 9.18 Å². The molecule has 1 N–H and O–H groups in total. The average molecular weight is 192 g/mol. The monoisotopic (exact) mass is 192 g/mol. The number of aromatic amines is 1. The summed E-state index contributed by atoms with van der Waals surface area (Å²) in [6, 6.07) is 4.74. The van der Waals surface area contributed by atoms with E-state index in [0.717, 1.165) is 5.56 Å². The molecular weight excluding hydrogens is 183 g/mol. The number of halogens is 1. The fourth-order valence-corrected chi connectivity index (χ4v) is 1.32. The largest absolute Gasteiger partial charge is 0.330 e. The summed E-state index contributed by atoms with van der Waals surface area (Å²) in [6.07, 6.45) is 2.97. The Balaban J connectivity index is 2.63. The molecule has 0 atom stereocenters. The number of imidazole rings is 1. The molecule has 72 valence electrons. The summed E-state index contributed by atoms with van der Waals surface area (Å²) < 4.78 is 14.7. The molecule has 4 heteroatoms. The summed E-state index contributed by atoms with van der Waals surface area (Å²) in [4.78, 5) is 13.6. The van der Waals surface area contributed by atoms with E-state index in [1.807, 2.05) is 0 Å². The van der Waals surface area contributed by atoms with Crippen LogP contribution in [0.15, 0.2) is 35.4 Å². The van der Waals surface area contributed by atoms with Crippen molar-refractivity contribution in [3.05, 3.63) is 52.5 Å². The van der Waals surface area contributed by atoms with Gasteiger partial charge in [0.25, 0.3) is 0 Å². The van der Waals surface area contributed by atoms with Gasteiger partial charge < -0.3 is 4.98 Å². The third-order valence-electron chi connectivity index (χ3n) is 2.01. The molecule has 0 radical (unpaired) electrons. The summed E-state index contributed by atoms with van der Waals surface area (Å²) in [6.45, 7) is 1.80. The van der Waals surface area contributed by atoms with Crippen molar-refractivity contribution in [3.8, 4) is 5.69 Å². The molecule has 0 fully saturated rings. The van der Waals surface area contributed by atoms with Crippen molar-refractivity contribution in [2.75, 3.05) is 0 Å². The Morgan fingerprint density at radius 3 is 2.79 bits per heavy atom. The van der Waals surface area contributed by atoms with Crippen molar-refractivity contribution in [2.24, 2.45) is 0 Å². The maximum atomic E-state index is 13.4. The van der Waals surface area contributed by atoms with Crippen LogP contribution >= 0.6 is 0 Å². The van der Waals surface area contributed by atoms with Gasteiger partial charge in [0.05, 0.1) is 5.69 Å². The number of aryl methyl sites for hydroxylation is 1.